The van der Waals surface area contributed by atoms with Gasteiger partial charge in [-0.1, -0.05) is 0 Å². The van der Waals surface area contributed by atoms with E-state index in [1.54, 1.807) is 0 Å². The van der Waals surface area contributed by atoms with Crippen molar-refractivity contribution in [3.63, 3.8) is 0 Å². The highest BCUT2D eigenvalue weighted by molar-refractivity contribution is 5.13. The first-order valence-electron chi connectivity index (χ1n) is 4.37. The van der Waals surface area contributed by atoms with E-state index in [1.807, 2.05) is 0 Å². The molecule has 0 rings (SSSR count). The van der Waals surface area contributed by atoms with Crippen molar-refractivity contribution in [3.8, 4) is 0 Å². The van der Waals surface area contributed by atoms with Crippen molar-refractivity contribution in [2.45, 2.75) is 36.8 Å². The molecule has 0 amide bonds. The quantitative estimate of drug-likeness (QED) is 0.626. The predicted molar refractivity (Wildman–Crippen MR) is 40.7 cm³/mol. The first kappa shape index (κ1) is 18.9. The minimum Gasteiger partial charge on any atom is -0.232 e. The van der Waals surface area contributed by atoms with Gasteiger partial charge in [0.05, 0.1) is 0 Å². The van der Waals surface area contributed by atoms with E-state index in [-0.39, 0.29) is 0 Å². The van der Waals surface area contributed by atoms with Gasteiger partial charge in [-0.25, -0.2) is 8.78 Å². The molecule has 20 heavy (non-hydrogen) atoms. The summed E-state index contributed by atoms with van der Waals surface area (Å²) in [5, 5.41) is 0. The lowest BCUT2D eigenvalue weighted by molar-refractivity contribution is -0.370. The Labute approximate surface area is 103 Å². The van der Waals surface area contributed by atoms with Crippen molar-refractivity contribution in [2.75, 3.05) is 0 Å². The fraction of sp³-hybridized carbons (Fsp3) is 0.750. The van der Waals surface area contributed by atoms with E-state index in [9.17, 15) is 52.7 Å². The van der Waals surface area contributed by atoms with Crippen LogP contribution in [-0.2, 0) is 0 Å². The zero-order valence-electron chi connectivity index (χ0n) is 9.11. The van der Waals surface area contributed by atoms with Gasteiger partial charge in [-0.05, 0) is 0 Å². The van der Waals surface area contributed by atoms with Gasteiger partial charge in [-0.2, -0.15) is 43.9 Å². The molecule has 1 unspecified atom stereocenters. The molecule has 0 aliphatic rings. The highest BCUT2D eigenvalue weighted by Crippen LogP contribution is 2.54. The average Bonchev–Trinajstić information content (AvgIpc) is 2.24. The Kier molecular flexibility index (Phi) is 4.75. The summed E-state index contributed by atoms with van der Waals surface area (Å²) in [5.74, 6) is -30.3. The maximum atomic E-state index is 12.7. The minimum atomic E-state index is -7.13. The number of halogens is 12. The van der Waals surface area contributed by atoms with Crippen LogP contribution >= 0.6 is 0 Å². The Bertz CT molecular complexity index is 385. The third-order valence-corrected chi connectivity index (χ3v) is 2.09. The minimum absolute atomic E-state index is 0.883. The summed E-state index contributed by atoms with van der Waals surface area (Å²) in [6, 6.07) is 0. The van der Waals surface area contributed by atoms with Crippen molar-refractivity contribution in [1.82, 2.24) is 0 Å². The summed E-state index contributed by atoms with van der Waals surface area (Å²) < 4.78 is 148. The SMILES string of the molecule is CC(F)(F)C(F)(F)C(F)(F)C(F)(F)C(F)C(F)=C(F)F. The molecule has 0 heterocycles. The lowest BCUT2D eigenvalue weighted by atomic mass is 9.96. The van der Waals surface area contributed by atoms with Crippen molar-refractivity contribution in [1.29, 1.82) is 0 Å². The molecule has 0 N–H and O–H groups in total. The fourth-order valence-corrected chi connectivity index (χ4v) is 0.899. The van der Waals surface area contributed by atoms with Gasteiger partial charge in [-0.3, -0.25) is 0 Å². The Hall–Kier alpha value is -1.10. The molecule has 0 bridgehead atoms. The molecule has 0 saturated carbocycles. The topological polar surface area (TPSA) is 0 Å². The maximum absolute atomic E-state index is 12.7. The Morgan fingerprint density at radius 3 is 1.35 bits per heavy atom. The lowest BCUT2D eigenvalue weighted by Gasteiger charge is -2.36. The fourth-order valence-electron chi connectivity index (χ4n) is 0.899. The third kappa shape index (κ3) is 2.68. The molecule has 0 fully saturated rings. The van der Waals surface area contributed by atoms with Gasteiger partial charge in [-0.15, -0.1) is 0 Å². The van der Waals surface area contributed by atoms with Crippen LogP contribution in [0.2, 0.25) is 0 Å². The van der Waals surface area contributed by atoms with Crippen LogP contribution in [0.5, 0.6) is 0 Å². The summed E-state index contributed by atoms with van der Waals surface area (Å²) in [4.78, 5) is 0. The number of allylic oxidation sites excluding steroid dienone is 1. The van der Waals surface area contributed by atoms with Crippen molar-refractivity contribution in [2.24, 2.45) is 0 Å². The normalized spacial score (nSPS) is 16.1. The summed E-state index contributed by atoms with van der Waals surface area (Å²) in [6.45, 7) is -0.883. The zero-order valence-corrected chi connectivity index (χ0v) is 9.11. The van der Waals surface area contributed by atoms with Crippen molar-refractivity contribution < 1.29 is 52.7 Å². The number of hydrogen-bond acceptors (Lipinski definition) is 0. The summed E-state index contributed by atoms with van der Waals surface area (Å²) in [7, 11) is 0. The van der Waals surface area contributed by atoms with Crippen LogP contribution in [0.25, 0.3) is 0 Å². The molecule has 0 aromatic heterocycles. The maximum Gasteiger partial charge on any atom is 0.381 e. The van der Waals surface area contributed by atoms with Crippen LogP contribution in [0, 0.1) is 0 Å². The number of alkyl halides is 9. The largest absolute Gasteiger partial charge is 0.381 e. The first-order chi connectivity index (χ1) is 8.51. The molecule has 0 saturated heterocycles. The van der Waals surface area contributed by atoms with Crippen LogP contribution in [0.3, 0.4) is 0 Å². The van der Waals surface area contributed by atoms with E-state index in [1.165, 1.54) is 0 Å². The smallest absolute Gasteiger partial charge is 0.232 e. The molecule has 0 aliphatic carbocycles. The van der Waals surface area contributed by atoms with E-state index in [2.05, 4.69) is 0 Å². The van der Waals surface area contributed by atoms with Gasteiger partial charge in [0.15, 0.2) is 0 Å². The van der Waals surface area contributed by atoms with Gasteiger partial charge < -0.3 is 0 Å². The summed E-state index contributed by atoms with van der Waals surface area (Å²) in [6.07, 6.45) is -9.05. The van der Waals surface area contributed by atoms with E-state index in [0.29, 0.717) is 0 Å². The average molecular weight is 328 g/mol. The van der Waals surface area contributed by atoms with Gasteiger partial charge in [0.25, 0.3) is 0 Å². The van der Waals surface area contributed by atoms with Gasteiger partial charge in [0.1, 0.15) is 0 Å². The first-order valence-corrected chi connectivity index (χ1v) is 4.37. The molecule has 0 spiro atoms. The molecule has 0 aromatic carbocycles. The summed E-state index contributed by atoms with van der Waals surface area (Å²) in [5.41, 5.74) is 0. The monoisotopic (exact) mass is 328 g/mol. The molecule has 1 atom stereocenters. The molecular weight excluding hydrogens is 324 g/mol. The second-order valence-corrected chi connectivity index (χ2v) is 3.63. The third-order valence-electron chi connectivity index (χ3n) is 2.09. The molecule has 12 heteroatoms. The number of rotatable bonds is 5. The standard InChI is InChI=1S/C8H4F12/c1-5(13,14)7(17,18)8(19,20)6(15,16)3(10)2(9)4(11)12/h3H,1H3. The number of hydrogen-bond donors (Lipinski definition) is 0. The predicted octanol–water partition coefficient (Wildman–Crippen LogP) is 4.96. The van der Waals surface area contributed by atoms with Gasteiger partial charge in [0.2, 0.25) is 12.0 Å². The highest BCUT2D eigenvalue weighted by atomic mass is 19.4. The van der Waals surface area contributed by atoms with E-state index < -0.39 is 48.7 Å². The second kappa shape index (κ2) is 5.02. The van der Waals surface area contributed by atoms with Gasteiger partial charge >= 0.3 is 29.8 Å². The molecule has 120 valence electrons. The lowest BCUT2D eigenvalue weighted by Crippen LogP contribution is -2.64. The molecule has 0 aliphatic heterocycles. The Morgan fingerprint density at radius 1 is 0.750 bits per heavy atom. The van der Waals surface area contributed by atoms with Crippen LogP contribution in [-0.4, -0.2) is 29.9 Å². The molecule has 0 nitrogen and oxygen atoms in total. The van der Waals surface area contributed by atoms with Crippen LogP contribution in [0.15, 0.2) is 11.9 Å². The van der Waals surface area contributed by atoms with Crippen molar-refractivity contribution >= 4 is 0 Å². The zero-order chi connectivity index (χ0) is 16.7. The summed E-state index contributed by atoms with van der Waals surface area (Å²) >= 11 is 0. The van der Waals surface area contributed by atoms with E-state index in [4.69, 9.17) is 0 Å². The van der Waals surface area contributed by atoms with Crippen molar-refractivity contribution in [3.05, 3.63) is 11.9 Å². The molecular formula is C8H4F12. The van der Waals surface area contributed by atoms with Crippen LogP contribution < -0.4 is 0 Å². The van der Waals surface area contributed by atoms with Gasteiger partial charge in [0, 0.05) is 6.92 Å². The molecule has 0 aromatic rings. The highest BCUT2D eigenvalue weighted by Gasteiger charge is 2.81. The Balaban J connectivity index is 5.88. The van der Waals surface area contributed by atoms with E-state index in [0.717, 1.165) is 0 Å². The molecule has 0 radical (unpaired) electrons. The van der Waals surface area contributed by atoms with Crippen LogP contribution in [0.4, 0.5) is 52.7 Å². The van der Waals surface area contributed by atoms with E-state index >= 15 is 0 Å². The Morgan fingerprint density at radius 2 is 1.10 bits per heavy atom. The second-order valence-electron chi connectivity index (χ2n) is 3.63. The van der Waals surface area contributed by atoms with Crippen LogP contribution in [0.1, 0.15) is 6.92 Å².